The van der Waals surface area contributed by atoms with Gasteiger partial charge in [0.15, 0.2) is 11.5 Å². The van der Waals surface area contributed by atoms with E-state index in [4.69, 9.17) is 19.9 Å². The first-order valence-corrected chi connectivity index (χ1v) is 11.9. The maximum Gasteiger partial charge on any atom is 0.412 e. The lowest BCUT2D eigenvalue weighted by Gasteiger charge is -2.24. The average molecular weight is 504 g/mol. The minimum absolute atomic E-state index is 0.0930. The van der Waals surface area contributed by atoms with Gasteiger partial charge in [0, 0.05) is 11.8 Å². The number of rotatable bonds is 9. The number of carbonyl (C=O) groups is 2. The maximum absolute atomic E-state index is 12.8. The number of fused-ring (bicyclic) bond motifs is 1. The summed E-state index contributed by atoms with van der Waals surface area (Å²) in [4.78, 5) is 25.0. The molecule has 0 spiro atoms. The summed E-state index contributed by atoms with van der Waals surface area (Å²) in [6.07, 6.45) is 3.24. The van der Waals surface area contributed by atoms with E-state index in [9.17, 15) is 14.7 Å². The summed E-state index contributed by atoms with van der Waals surface area (Å²) in [5.41, 5.74) is 8.16. The minimum Gasteiger partial charge on any atom is -0.508 e. The number of nitrogen functional groups attached to an aromatic ring is 1. The number of phenolic OH excluding ortho intramolecular Hbond substituents is 1. The third-order valence-electron chi connectivity index (χ3n) is 5.87. The molecule has 2 atom stereocenters. The maximum atomic E-state index is 12.8. The van der Waals surface area contributed by atoms with E-state index in [1.54, 1.807) is 72.8 Å². The monoisotopic (exact) mass is 503 g/mol. The van der Waals surface area contributed by atoms with Crippen LogP contribution < -0.4 is 25.8 Å². The second-order valence-corrected chi connectivity index (χ2v) is 8.64. The van der Waals surface area contributed by atoms with Crippen LogP contribution in [-0.2, 0) is 9.53 Å². The minimum atomic E-state index is -0.626. The molecule has 0 unspecified atom stereocenters. The second-order valence-electron chi connectivity index (χ2n) is 8.64. The highest BCUT2D eigenvalue weighted by Gasteiger charge is 2.24. The molecule has 1 aliphatic heterocycles. The van der Waals surface area contributed by atoms with Crippen molar-refractivity contribution in [2.45, 2.75) is 25.9 Å². The van der Waals surface area contributed by atoms with Crippen LogP contribution >= 0.6 is 0 Å². The summed E-state index contributed by atoms with van der Waals surface area (Å²) in [6.45, 7) is 2.10. The number of hydrogen-bond acceptors (Lipinski definition) is 7. The molecule has 0 bridgehead atoms. The quantitative estimate of drug-likeness (QED) is 0.221. The van der Waals surface area contributed by atoms with Crippen molar-refractivity contribution >= 4 is 29.1 Å². The lowest BCUT2D eigenvalue weighted by Crippen LogP contribution is -2.22. The van der Waals surface area contributed by atoms with Gasteiger partial charge >= 0.3 is 6.09 Å². The number of nitrogens with one attached hydrogen (secondary N) is 2. The molecule has 0 saturated heterocycles. The fourth-order valence-corrected chi connectivity index (χ4v) is 3.90. The van der Waals surface area contributed by atoms with Gasteiger partial charge in [-0.25, -0.2) is 4.79 Å². The summed E-state index contributed by atoms with van der Waals surface area (Å²) in [5, 5.41) is 15.2. The van der Waals surface area contributed by atoms with Gasteiger partial charge < -0.3 is 30.4 Å². The van der Waals surface area contributed by atoms with Gasteiger partial charge in [0.2, 0.25) is 12.7 Å². The zero-order valence-electron chi connectivity index (χ0n) is 20.3. The van der Waals surface area contributed by atoms with Crippen LogP contribution in [0.2, 0.25) is 0 Å². The predicted molar refractivity (Wildman–Crippen MR) is 141 cm³/mol. The van der Waals surface area contributed by atoms with E-state index in [1.807, 2.05) is 6.92 Å². The Morgan fingerprint density at radius 3 is 2.59 bits per heavy atom. The number of carbonyl (C=O) groups excluding carboxylic acids is 2. The van der Waals surface area contributed by atoms with Crippen molar-refractivity contribution in [3.63, 3.8) is 0 Å². The first kappa shape index (κ1) is 25.4. The van der Waals surface area contributed by atoms with Crippen molar-refractivity contribution in [3.8, 4) is 17.2 Å². The summed E-state index contributed by atoms with van der Waals surface area (Å²) in [7, 11) is 0. The normalized spacial score (nSPS) is 13.6. The predicted octanol–water partition coefficient (Wildman–Crippen LogP) is 5.60. The smallest absolute Gasteiger partial charge is 0.412 e. The lowest BCUT2D eigenvalue weighted by molar-refractivity contribution is -0.111. The van der Waals surface area contributed by atoms with Crippen molar-refractivity contribution in [1.82, 2.24) is 0 Å². The van der Waals surface area contributed by atoms with Crippen molar-refractivity contribution < 1.29 is 28.9 Å². The summed E-state index contributed by atoms with van der Waals surface area (Å²) in [5.74, 6) is 0.910. The Kier molecular flexibility index (Phi) is 8.15. The van der Waals surface area contributed by atoms with E-state index in [-0.39, 0.29) is 24.4 Å². The van der Waals surface area contributed by atoms with Crippen molar-refractivity contribution in [2.24, 2.45) is 5.92 Å². The molecule has 192 valence electrons. The van der Waals surface area contributed by atoms with E-state index >= 15 is 0 Å². The topological polar surface area (TPSA) is 132 Å². The number of amides is 2. The van der Waals surface area contributed by atoms with Crippen LogP contribution in [0.1, 0.15) is 31.4 Å². The molecule has 1 heterocycles. The van der Waals surface area contributed by atoms with Crippen LogP contribution in [0.5, 0.6) is 17.2 Å². The van der Waals surface area contributed by atoms with Gasteiger partial charge in [-0.05, 0) is 66.8 Å². The van der Waals surface area contributed by atoms with Gasteiger partial charge in [0.1, 0.15) is 11.9 Å². The van der Waals surface area contributed by atoms with Gasteiger partial charge in [-0.3, -0.25) is 10.1 Å². The molecular formula is C28H29N3O6. The number of hydrogen-bond donors (Lipinski definition) is 4. The van der Waals surface area contributed by atoms with Crippen molar-refractivity contribution in [1.29, 1.82) is 0 Å². The third-order valence-corrected chi connectivity index (χ3v) is 5.87. The molecule has 0 radical (unpaired) electrons. The number of allylic oxidation sites excluding steroid dienone is 1. The van der Waals surface area contributed by atoms with Gasteiger partial charge in [0.25, 0.3) is 0 Å². The molecule has 3 aromatic rings. The van der Waals surface area contributed by atoms with Gasteiger partial charge in [0.05, 0.1) is 11.4 Å². The lowest BCUT2D eigenvalue weighted by atomic mass is 9.93. The highest BCUT2D eigenvalue weighted by atomic mass is 16.7. The van der Waals surface area contributed by atoms with E-state index in [2.05, 4.69) is 10.6 Å². The fourth-order valence-electron chi connectivity index (χ4n) is 3.90. The number of nitrogens with two attached hydrogens (primary N) is 1. The van der Waals surface area contributed by atoms with Crippen LogP contribution in [0.3, 0.4) is 0 Å². The Labute approximate surface area is 214 Å². The molecule has 0 aromatic heterocycles. The Balaban J connectivity index is 1.36. The molecule has 3 aromatic carbocycles. The average Bonchev–Trinajstić information content (AvgIpc) is 3.35. The van der Waals surface area contributed by atoms with E-state index in [1.165, 1.54) is 6.08 Å². The Bertz CT molecular complexity index is 1280. The van der Waals surface area contributed by atoms with E-state index in [0.29, 0.717) is 41.4 Å². The Morgan fingerprint density at radius 2 is 1.81 bits per heavy atom. The molecule has 37 heavy (non-hydrogen) atoms. The molecule has 0 saturated carbocycles. The summed E-state index contributed by atoms with van der Waals surface area (Å²) >= 11 is 0. The van der Waals surface area contributed by atoms with Gasteiger partial charge in [-0.15, -0.1) is 0 Å². The standard InChI is InChI=1S/C28H29N3O6/c1-18(6-2-5-9-26(33)31-23-8-4-3-7-22(23)29)27(19-10-13-21(32)14-11-19)37-28(34)30-20-12-15-24-25(16-20)36-17-35-24/h3-5,7-16,18,27,32H,2,6,17,29H2,1H3,(H,30,34)(H,31,33)/b9-5+/t18-,27-/m1/s1. The first-order valence-electron chi connectivity index (χ1n) is 11.9. The molecule has 4 rings (SSSR count). The molecule has 2 amide bonds. The highest BCUT2D eigenvalue weighted by Crippen LogP contribution is 2.35. The number of phenols is 1. The Morgan fingerprint density at radius 1 is 1.05 bits per heavy atom. The first-order chi connectivity index (χ1) is 17.9. The number of aromatic hydroxyl groups is 1. The van der Waals surface area contributed by atoms with Crippen LogP contribution in [0.15, 0.2) is 78.9 Å². The zero-order valence-corrected chi connectivity index (χ0v) is 20.3. The van der Waals surface area contributed by atoms with Crippen LogP contribution in [0, 0.1) is 5.92 Å². The van der Waals surface area contributed by atoms with Gasteiger partial charge in [-0.2, -0.15) is 0 Å². The highest BCUT2D eigenvalue weighted by molar-refractivity contribution is 6.01. The molecule has 1 aliphatic rings. The number of ether oxygens (including phenoxy) is 3. The molecule has 5 N–H and O–H groups in total. The third kappa shape index (κ3) is 6.94. The molecule has 0 aliphatic carbocycles. The van der Waals surface area contributed by atoms with Crippen molar-refractivity contribution in [2.75, 3.05) is 23.2 Å². The SMILES string of the molecule is C[C@H](CC/C=C/C(=O)Nc1ccccc1N)[C@@H](OC(=O)Nc1ccc2c(c1)OCO2)c1ccc(O)cc1. The zero-order chi connectivity index (χ0) is 26.2. The molecular weight excluding hydrogens is 474 g/mol. The van der Waals surface area contributed by atoms with Gasteiger partial charge in [-0.1, -0.05) is 37.3 Å². The summed E-state index contributed by atoms with van der Waals surface area (Å²) < 4.78 is 16.5. The molecule has 9 nitrogen and oxygen atoms in total. The summed E-state index contributed by atoms with van der Waals surface area (Å²) in [6, 6.07) is 18.7. The van der Waals surface area contributed by atoms with Crippen LogP contribution in [0.4, 0.5) is 21.9 Å². The molecule has 0 fully saturated rings. The largest absolute Gasteiger partial charge is 0.508 e. The van der Waals surface area contributed by atoms with Crippen LogP contribution in [-0.4, -0.2) is 23.9 Å². The van der Waals surface area contributed by atoms with E-state index in [0.717, 1.165) is 5.56 Å². The van der Waals surface area contributed by atoms with E-state index < -0.39 is 12.2 Å². The Hall–Kier alpha value is -4.66. The fraction of sp³-hybridized carbons (Fsp3) is 0.214. The van der Waals surface area contributed by atoms with Crippen molar-refractivity contribution in [3.05, 3.63) is 84.4 Å². The second kappa shape index (κ2) is 11.9. The number of benzene rings is 3. The molecule has 9 heteroatoms. The number of para-hydroxylation sites is 2. The van der Waals surface area contributed by atoms with Crippen LogP contribution in [0.25, 0.3) is 0 Å². The number of anilines is 3.